The minimum absolute atomic E-state index is 0.145. The van der Waals surface area contributed by atoms with E-state index in [-0.39, 0.29) is 10.1 Å². The van der Waals surface area contributed by atoms with Gasteiger partial charge in [0.15, 0.2) is 0 Å². The Hall–Kier alpha value is -0.160. The molecule has 1 fully saturated rings. The summed E-state index contributed by atoms with van der Waals surface area (Å²) in [5.41, 5.74) is 7.48. The first-order chi connectivity index (χ1) is 9.70. The molecule has 0 saturated carbocycles. The number of hydrogen-bond donors (Lipinski definition) is 2. The maximum absolute atomic E-state index is 10.9. The minimum atomic E-state index is -0.494. The second kappa shape index (κ2) is 7.74. The number of rotatable bonds is 6. The average Bonchev–Trinajstić information content (AvgIpc) is 2.53. The van der Waals surface area contributed by atoms with Crippen LogP contribution < -0.4 is 5.73 Å². The molecule has 1 aromatic rings. The van der Waals surface area contributed by atoms with Crippen LogP contribution in [0.2, 0.25) is 0 Å². The van der Waals surface area contributed by atoms with Gasteiger partial charge in [-0.25, -0.2) is 0 Å². The molecule has 2 rings (SSSR count). The zero-order valence-corrected chi connectivity index (χ0v) is 13.8. The van der Waals surface area contributed by atoms with Gasteiger partial charge in [-0.05, 0) is 29.9 Å². The van der Waals surface area contributed by atoms with Crippen LogP contribution in [0, 0.1) is 0 Å². The van der Waals surface area contributed by atoms with Crippen LogP contribution in [0.5, 0.6) is 0 Å². The molecule has 0 aliphatic carbocycles. The lowest BCUT2D eigenvalue weighted by atomic mass is 9.97. The van der Waals surface area contributed by atoms with Crippen LogP contribution in [0.4, 0.5) is 0 Å². The number of unbranched alkanes of at least 4 members (excludes halogenated alkanes) is 1. The summed E-state index contributed by atoms with van der Waals surface area (Å²) in [5, 5.41) is 10.9. The van der Waals surface area contributed by atoms with Crippen molar-refractivity contribution >= 4 is 23.5 Å². The smallest absolute Gasteiger partial charge is 0.113 e. The Kier molecular flexibility index (Phi) is 6.27. The third-order valence-electron chi connectivity index (χ3n) is 3.78. The average molecular weight is 312 g/mol. The van der Waals surface area contributed by atoms with Crippen LogP contribution in [0.25, 0.3) is 0 Å². The van der Waals surface area contributed by atoms with E-state index < -0.39 is 6.10 Å². The molecule has 0 bridgehead atoms. The lowest BCUT2D eigenvalue weighted by molar-refractivity contribution is 0.126. The van der Waals surface area contributed by atoms with Crippen LogP contribution >= 0.6 is 23.5 Å². The molecule has 20 heavy (non-hydrogen) atoms. The predicted octanol–water partition coefficient (Wildman–Crippen LogP) is 3.59. The number of benzene rings is 1. The molecule has 1 saturated heterocycles. The lowest BCUT2D eigenvalue weighted by Gasteiger charge is -2.42. The first kappa shape index (κ1) is 16.2. The predicted molar refractivity (Wildman–Crippen MR) is 91.2 cm³/mol. The van der Waals surface area contributed by atoms with Crippen molar-refractivity contribution in [2.45, 2.75) is 48.8 Å². The van der Waals surface area contributed by atoms with Crippen molar-refractivity contribution in [2.75, 3.05) is 11.5 Å². The van der Waals surface area contributed by atoms with Gasteiger partial charge in [-0.2, -0.15) is 0 Å². The van der Waals surface area contributed by atoms with Crippen LogP contribution in [-0.4, -0.2) is 28.8 Å². The Labute approximate surface area is 130 Å². The lowest BCUT2D eigenvalue weighted by Crippen LogP contribution is -2.48. The second-order valence-electron chi connectivity index (χ2n) is 5.33. The van der Waals surface area contributed by atoms with E-state index >= 15 is 0 Å². The van der Waals surface area contributed by atoms with E-state index in [1.165, 1.54) is 12.0 Å². The molecule has 2 nitrogen and oxygen atoms in total. The number of nitrogens with two attached hydrogens (primary N) is 1. The summed E-state index contributed by atoms with van der Waals surface area (Å²) in [6.45, 7) is 2.16. The summed E-state index contributed by atoms with van der Waals surface area (Å²) in [4.78, 5) is 0. The Bertz CT molecular complexity index is 393. The van der Waals surface area contributed by atoms with Crippen molar-refractivity contribution in [3.8, 4) is 0 Å². The molecule has 3 N–H and O–H groups in total. The highest BCUT2D eigenvalue weighted by atomic mass is 32.2. The molecule has 1 heterocycles. The zero-order valence-electron chi connectivity index (χ0n) is 12.1. The summed E-state index contributed by atoms with van der Waals surface area (Å²) in [7, 11) is 0. The fraction of sp³-hybridized carbons (Fsp3) is 0.625. The van der Waals surface area contributed by atoms with Crippen molar-refractivity contribution in [3.63, 3.8) is 0 Å². The third kappa shape index (κ3) is 3.53. The van der Waals surface area contributed by atoms with Gasteiger partial charge in [0.25, 0.3) is 0 Å². The monoisotopic (exact) mass is 311 g/mol. The Balaban J connectivity index is 2.23. The second-order valence-corrected chi connectivity index (χ2v) is 8.28. The van der Waals surface area contributed by atoms with Crippen LogP contribution in [0.15, 0.2) is 30.3 Å². The van der Waals surface area contributed by atoms with Crippen molar-refractivity contribution in [1.29, 1.82) is 0 Å². The van der Waals surface area contributed by atoms with Gasteiger partial charge in [0, 0.05) is 6.04 Å². The molecule has 1 aliphatic rings. The summed E-state index contributed by atoms with van der Waals surface area (Å²) >= 11 is 3.73. The Morgan fingerprint density at radius 1 is 1.25 bits per heavy atom. The van der Waals surface area contributed by atoms with Gasteiger partial charge in [0.2, 0.25) is 0 Å². The van der Waals surface area contributed by atoms with Gasteiger partial charge in [-0.3, -0.25) is 0 Å². The Morgan fingerprint density at radius 2 is 1.90 bits per heavy atom. The highest BCUT2D eigenvalue weighted by Gasteiger charge is 2.44. The summed E-state index contributed by atoms with van der Waals surface area (Å²) < 4.78 is -0.285. The summed E-state index contributed by atoms with van der Waals surface area (Å²) in [6.07, 6.45) is 3.82. The SMILES string of the molecule is CCCCC(N)C(O)C1(c2ccccc2)SCCCS1. The highest BCUT2D eigenvalue weighted by molar-refractivity contribution is 8.18. The fourth-order valence-corrected chi connectivity index (χ4v) is 6.10. The third-order valence-corrected chi connectivity index (χ3v) is 7.29. The van der Waals surface area contributed by atoms with Crippen molar-refractivity contribution in [2.24, 2.45) is 5.73 Å². The molecule has 0 radical (unpaired) electrons. The van der Waals surface area contributed by atoms with E-state index in [2.05, 4.69) is 31.2 Å². The maximum atomic E-state index is 10.9. The van der Waals surface area contributed by atoms with Gasteiger partial charge < -0.3 is 10.8 Å². The molecule has 1 aliphatic heterocycles. The first-order valence-corrected chi connectivity index (χ1v) is 9.45. The molecular weight excluding hydrogens is 286 g/mol. The fourth-order valence-electron chi connectivity index (χ4n) is 2.61. The van der Waals surface area contributed by atoms with E-state index in [0.29, 0.717) is 0 Å². The van der Waals surface area contributed by atoms with Crippen LogP contribution in [0.1, 0.15) is 38.2 Å². The van der Waals surface area contributed by atoms with Gasteiger partial charge in [-0.15, -0.1) is 23.5 Å². The van der Waals surface area contributed by atoms with Crippen LogP contribution in [-0.2, 0) is 4.08 Å². The molecule has 112 valence electrons. The topological polar surface area (TPSA) is 46.2 Å². The maximum Gasteiger partial charge on any atom is 0.113 e. The highest BCUT2D eigenvalue weighted by Crippen LogP contribution is 2.53. The number of hydrogen-bond acceptors (Lipinski definition) is 4. The summed E-state index contributed by atoms with van der Waals surface area (Å²) in [5.74, 6) is 2.19. The van der Waals surface area contributed by atoms with Gasteiger partial charge >= 0.3 is 0 Å². The molecule has 0 spiro atoms. The molecular formula is C16H25NOS2. The summed E-state index contributed by atoms with van der Waals surface area (Å²) in [6, 6.07) is 10.2. The van der Waals surface area contributed by atoms with Gasteiger partial charge in [0.05, 0.1) is 6.10 Å². The number of aliphatic hydroxyl groups is 1. The molecule has 0 aromatic heterocycles. The molecule has 4 heteroatoms. The van der Waals surface area contributed by atoms with Crippen LogP contribution in [0.3, 0.4) is 0 Å². The molecule has 2 unspecified atom stereocenters. The van der Waals surface area contributed by atoms with Gasteiger partial charge in [0.1, 0.15) is 4.08 Å². The van der Waals surface area contributed by atoms with Crippen molar-refractivity contribution < 1.29 is 5.11 Å². The molecule has 1 aromatic carbocycles. The minimum Gasteiger partial charge on any atom is -0.389 e. The van der Waals surface area contributed by atoms with E-state index in [1.54, 1.807) is 0 Å². The van der Waals surface area contributed by atoms with E-state index in [4.69, 9.17) is 5.73 Å². The Morgan fingerprint density at radius 3 is 2.50 bits per heavy atom. The quantitative estimate of drug-likeness (QED) is 0.843. The van der Waals surface area contributed by atoms with E-state index in [0.717, 1.165) is 30.8 Å². The van der Waals surface area contributed by atoms with Crippen molar-refractivity contribution in [3.05, 3.63) is 35.9 Å². The zero-order chi connectivity index (χ0) is 14.4. The van der Waals surface area contributed by atoms with E-state index in [1.807, 2.05) is 29.6 Å². The normalized spacial score (nSPS) is 21.4. The molecule has 0 amide bonds. The number of thioether (sulfide) groups is 2. The van der Waals surface area contributed by atoms with Crippen molar-refractivity contribution in [1.82, 2.24) is 0 Å². The largest absolute Gasteiger partial charge is 0.389 e. The van der Waals surface area contributed by atoms with E-state index in [9.17, 15) is 5.11 Å². The molecule has 2 atom stereocenters. The van der Waals surface area contributed by atoms with Gasteiger partial charge in [-0.1, -0.05) is 50.1 Å². The standard InChI is InChI=1S/C16H25NOS2/c1-2-3-10-14(17)15(18)16(19-11-7-12-20-16)13-8-5-4-6-9-13/h4-6,8-9,14-15,18H,2-3,7,10-12,17H2,1H3. The number of aliphatic hydroxyl groups excluding tert-OH is 1. The first-order valence-electron chi connectivity index (χ1n) is 7.48.